The first-order valence-electron chi connectivity index (χ1n) is 8.35. The Labute approximate surface area is 152 Å². The predicted octanol–water partition coefficient (Wildman–Crippen LogP) is 4.22. The van der Waals surface area contributed by atoms with E-state index in [-0.39, 0.29) is 12.0 Å². The summed E-state index contributed by atoms with van der Waals surface area (Å²) < 4.78 is 10.5. The molecule has 0 saturated heterocycles. The summed E-state index contributed by atoms with van der Waals surface area (Å²) in [6.45, 7) is 2.18. The molecule has 4 nitrogen and oxygen atoms in total. The Kier molecular flexibility index (Phi) is 4.89. The Bertz CT molecular complexity index is 629. The standard InChI is InChI=1S/C18H23Cl2NO3/c1-17(11-18(17,19)20)16(22)21-10-12-7-8-14(15(9-12)23-2)24-13-5-3-4-6-13/h7-9,13H,3-6,10-11H2,1-2H3,(H,21,22)/t17-/m0/s1. The summed E-state index contributed by atoms with van der Waals surface area (Å²) in [7, 11) is 1.62. The third kappa shape index (κ3) is 3.45. The number of alkyl halides is 2. The highest BCUT2D eigenvalue weighted by atomic mass is 35.5. The van der Waals surface area contributed by atoms with Gasteiger partial charge in [-0.1, -0.05) is 6.07 Å². The molecule has 0 aliphatic heterocycles. The molecule has 0 radical (unpaired) electrons. The minimum atomic E-state index is -0.951. The van der Waals surface area contributed by atoms with Gasteiger partial charge in [-0.3, -0.25) is 4.79 Å². The summed E-state index contributed by atoms with van der Waals surface area (Å²) in [5, 5.41) is 2.90. The first-order chi connectivity index (χ1) is 11.4. The fourth-order valence-corrected chi connectivity index (χ4v) is 3.83. The monoisotopic (exact) mass is 371 g/mol. The fraction of sp³-hybridized carbons (Fsp3) is 0.611. The summed E-state index contributed by atoms with van der Waals surface area (Å²) >= 11 is 12.1. The van der Waals surface area contributed by atoms with E-state index in [2.05, 4.69) is 5.32 Å². The fourth-order valence-electron chi connectivity index (χ4n) is 3.13. The average molecular weight is 372 g/mol. The van der Waals surface area contributed by atoms with Crippen molar-refractivity contribution < 1.29 is 14.3 Å². The molecule has 0 unspecified atom stereocenters. The molecule has 0 spiro atoms. The number of hydrogen-bond donors (Lipinski definition) is 1. The van der Waals surface area contributed by atoms with Gasteiger partial charge >= 0.3 is 0 Å². The second kappa shape index (κ2) is 6.64. The van der Waals surface area contributed by atoms with Gasteiger partial charge in [0.05, 0.1) is 18.6 Å². The van der Waals surface area contributed by atoms with Gasteiger partial charge in [-0.2, -0.15) is 0 Å². The molecule has 2 aliphatic carbocycles. The van der Waals surface area contributed by atoms with E-state index in [9.17, 15) is 4.79 Å². The number of rotatable bonds is 6. The van der Waals surface area contributed by atoms with Crippen LogP contribution in [0.1, 0.15) is 44.6 Å². The number of methoxy groups -OCH3 is 1. The van der Waals surface area contributed by atoms with Gasteiger partial charge in [0.1, 0.15) is 4.33 Å². The Balaban J connectivity index is 1.61. The van der Waals surface area contributed by atoms with Crippen LogP contribution in [0.4, 0.5) is 0 Å². The van der Waals surface area contributed by atoms with E-state index in [1.165, 1.54) is 12.8 Å². The van der Waals surface area contributed by atoms with Crippen molar-refractivity contribution >= 4 is 29.1 Å². The van der Waals surface area contributed by atoms with E-state index in [4.69, 9.17) is 32.7 Å². The van der Waals surface area contributed by atoms with Gasteiger partial charge in [0.25, 0.3) is 0 Å². The van der Waals surface area contributed by atoms with E-state index >= 15 is 0 Å². The van der Waals surface area contributed by atoms with Crippen LogP contribution in [0.15, 0.2) is 18.2 Å². The summed E-state index contributed by atoms with van der Waals surface area (Å²) in [6.07, 6.45) is 5.39. The zero-order valence-electron chi connectivity index (χ0n) is 14.0. The lowest BCUT2D eigenvalue weighted by molar-refractivity contribution is -0.125. The maximum Gasteiger partial charge on any atom is 0.229 e. The Morgan fingerprint density at radius 1 is 1.29 bits per heavy atom. The van der Waals surface area contributed by atoms with Crippen LogP contribution in [-0.2, 0) is 11.3 Å². The molecule has 1 amide bonds. The highest BCUT2D eigenvalue weighted by molar-refractivity contribution is 6.53. The third-order valence-electron chi connectivity index (χ3n) is 5.04. The van der Waals surface area contributed by atoms with Crippen LogP contribution in [0.5, 0.6) is 11.5 Å². The molecule has 1 N–H and O–H groups in total. The summed E-state index contributed by atoms with van der Waals surface area (Å²) in [6, 6.07) is 5.75. The van der Waals surface area contributed by atoms with Crippen molar-refractivity contribution in [2.75, 3.05) is 7.11 Å². The van der Waals surface area contributed by atoms with Crippen molar-refractivity contribution in [3.8, 4) is 11.5 Å². The highest BCUT2D eigenvalue weighted by Crippen LogP contribution is 2.63. The number of nitrogens with one attached hydrogen (secondary N) is 1. The van der Waals surface area contributed by atoms with Gasteiger partial charge in [0.15, 0.2) is 11.5 Å². The van der Waals surface area contributed by atoms with Gasteiger partial charge < -0.3 is 14.8 Å². The second-order valence-corrected chi connectivity index (χ2v) is 8.39. The molecule has 0 heterocycles. The third-order valence-corrected chi connectivity index (χ3v) is 6.14. The maximum absolute atomic E-state index is 12.2. The van der Waals surface area contributed by atoms with Crippen molar-refractivity contribution in [3.63, 3.8) is 0 Å². The van der Waals surface area contributed by atoms with Crippen molar-refractivity contribution in [2.45, 2.75) is 56.0 Å². The number of halogens is 2. The summed E-state index contributed by atoms with van der Waals surface area (Å²) in [4.78, 5) is 12.2. The van der Waals surface area contributed by atoms with E-state index < -0.39 is 9.75 Å². The quantitative estimate of drug-likeness (QED) is 0.761. The van der Waals surface area contributed by atoms with Gasteiger partial charge in [-0.25, -0.2) is 0 Å². The Morgan fingerprint density at radius 2 is 1.96 bits per heavy atom. The van der Waals surface area contributed by atoms with Crippen molar-refractivity contribution in [1.82, 2.24) is 5.32 Å². The molecule has 2 fully saturated rings. The molecule has 0 bridgehead atoms. The zero-order chi connectivity index (χ0) is 17.4. The lowest BCUT2D eigenvalue weighted by Crippen LogP contribution is -2.32. The van der Waals surface area contributed by atoms with Crippen molar-refractivity contribution in [1.29, 1.82) is 0 Å². The maximum atomic E-state index is 12.2. The van der Waals surface area contributed by atoms with Gasteiger partial charge in [0.2, 0.25) is 5.91 Å². The molecule has 1 aromatic rings. The molecule has 2 saturated carbocycles. The van der Waals surface area contributed by atoms with Crippen LogP contribution in [0.2, 0.25) is 0 Å². The molecule has 0 aromatic heterocycles. The Morgan fingerprint density at radius 3 is 2.54 bits per heavy atom. The average Bonchev–Trinajstić information content (AvgIpc) is 2.92. The summed E-state index contributed by atoms with van der Waals surface area (Å²) in [5.41, 5.74) is 0.240. The lowest BCUT2D eigenvalue weighted by atomic mass is 10.1. The Hall–Kier alpha value is -1.13. The molecule has 3 rings (SSSR count). The highest BCUT2D eigenvalue weighted by Gasteiger charge is 2.67. The van der Waals surface area contributed by atoms with Gasteiger partial charge in [-0.05, 0) is 56.7 Å². The van der Waals surface area contributed by atoms with Crippen molar-refractivity contribution in [2.24, 2.45) is 5.41 Å². The number of hydrogen-bond acceptors (Lipinski definition) is 3. The molecule has 1 atom stereocenters. The van der Waals surface area contributed by atoms with Crippen LogP contribution < -0.4 is 14.8 Å². The molecule has 6 heteroatoms. The normalized spacial score (nSPS) is 25.3. The van der Waals surface area contributed by atoms with Crippen molar-refractivity contribution in [3.05, 3.63) is 23.8 Å². The number of amides is 1. The molecule has 132 valence electrons. The van der Waals surface area contributed by atoms with Crippen LogP contribution in [0, 0.1) is 5.41 Å². The number of carbonyl (C=O) groups excluding carboxylic acids is 1. The van der Waals surface area contributed by atoms with E-state index in [1.807, 2.05) is 18.2 Å². The van der Waals surface area contributed by atoms with Crippen LogP contribution in [0.3, 0.4) is 0 Å². The molecule has 2 aliphatic rings. The minimum Gasteiger partial charge on any atom is -0.493 e. The molecule has 24 heavy (non-hydrogen) atoms. The predicted molar refractivity (Wildman–Crippen MR) is 94.9 cm³/mol. The lowest BCUT2D eigenvalue weighted by Gasteiger charge is -2.17. The number of ether oxygens (including phenoxy) is 2. The van der Waals surface area contributed by atoms with E-state index in [0.29, 0.717) is 18.7 Å². The van der Waals surface area contributed by atoms with Crippen LogP contribution in [0.25, 0.3) is 0 Å². The van der Waals surface area contributed by atoms with Gasteiger partial charge in [0, 0.05) is 6.54 Å². The first kappa shape index (κ1) is 17.7. The molecular formula is C18H23Cl2NO3. The van der Waals surface area contributed by atoms with E-state index in [0.717, 1.165) is 24.2 Å². The largest absolute Gasteiger partial charge is 0.493 e. The van der Waals surface area contributed by atoms with Crippen LogP contribution >= 0.6 is 23.2 Å². The zero-order valence-corrected chi connectivity index (χ0v) is 15.5. The smallest absolute Gasteiger partial charge is 0.229 e. The number of carbonyl (C=O) groups is 1. The van der Waals surface area contributed by atoms with E-state index in [1.54, 1.807) is 14.0 Å². The summed E-state index contributed by atoms with van der Waals surface area (Å²) in [5.74, 6) is 1.32. The topological polar surface area (TPSA) is 47.6 Å². The first-order valence-corrected chi connectivity index (χ1v) is 9.11. The molecular weight excluding hydrogens is 349 g/mol. The number of benzene rings is 1. The van der Waals surface area contributed by atoms with Gasteiger partial charge in [-0.15, -0.1) is 23.2 Å². The van der Waals surface area contributed by atoms with Crippen LogP contribution in [-0.4, -0.2) is 23.5 Å². The minimum absolute atomic E-state index is 0.127. The SMILES string of the molecule is COc1cc(CNC(=O)[C@]2(C)CC2(Cl)Cl)ccc1OC1CCCC1. The molecule has 1 aromatic carbocycles. The second-order valence-electron chi connectivity index (χ2n) is 6.91.